The van der Waals surface area contributed by atoms with E-state index in [-0.39, 0.29) is 10.8 Å². The molecule has 0 saturated carbocycles. The average Bonchev–Trinajstić information content (AvgIpc) is 2.34. The monoisotopic (exact) mass is 264 g/mol. The summed E-state index contributed by atoms with van der Waals surface area (Å²) in [4.78, 5) is 19.4. The number of aromatic amines is 1. The van der Waals surface area contributed by atoms with Gasteiger partial charge in [0, 0.05) is 10.8 Å². The number of hydrogen-bond donors (Lipinski definition) is 1. The Bertz CT molecular complexity index is 479. The van der Waals surface area contributed by atoms with Crippen molar-refractivity contribution in [2.24, 2.45) is 0 Å². The Kier molecular flexibility index (Phi) is 5.92. The maximum absolute atomic E-state index is 12.0. The number of thioether (sulfide) groups is 1. The lowest BCUT2D eigenvalue weighted by atomic mass is 10.1. The molecule has 0 fully saturated rings. The fourth-order valence-corrected chi connectivity index (χ4v) is 2.36. The van der Waals surface area contributed by atoms with E-state index in [9.17, 15) is 4.79 Å². The number of hydrogen-bond acceptors (Lipinski definition) is 3. The highest BCUT2D eigenvalue weighted by Crippen LogP contribution is 2.20. The molecule has 0 aromatic carbocycles. The highest BCUT2D eigenvalue weighted by molar-refractivity contribution is 7.99. The predicted octanol–water partition coefficient (Wildman–Crippen LogP) is 3.12. The molecule has 0 aliphatic carbocycles. The van der Waals surface area contributed by atoms with E-state index >= 15 is 0 Å². The molecule has 0 spiro atoms. The van der Waals surface area contributed by atoms with Crippen molar-refractivity contribution < 1.29 is 0 Å². The summed E-state index contributed by atoms with van der Waals surface area (Å²) < 4.78 is 0. The predicted molar refractivity (Wildman–Crippen MR) is 78.3 cm³/mol. The normalized spacial score (nSPS) is 12.1. The van der Waals surface area contributed by atoms with E-state index in [2.05, 4.69) is 30.0 Å². The van der Waals surface area contributed by atoms with Crippen LogP contribution in [0.25, 0.3) is 0 Å². The third-order valence-electron chi connectivity index (χ3n) is 2.54. The molecule has 0 amide bonds. The molecule has 0 aliphatic heterocycles. The van der Waals surface area contributed by atoms with Crippen molar-refractivity contribution in [1.29, 1.82) is 0 Å². The zero-order chi connectivity index (χ0) is 13.5. The summed E-state index contributed by atoms with van der Waals surface area (Å²) in [6, 6.07) is 0. The molecule has 0 saturated heterocycles. The second-order valence-corrected chi connectivity index (χ2v) is 5.46. The van der Waals surface area contributed by atoms with Crippen LogP contribution in [0, 0.1) is 0 Å². The van der Waals surface area contributed by atoms with Gasteiger partial charge in [0.15, 0.2) is 5.16 Å². The van der Waals surface area contributed by atoms with Gasteiger partial charge in [-0.3, -0.25) is 4.79 Å². The molecule has 4 heteroatoms. The molecule has 18 heavy (non-hydrogen) atoms. The van der Waals surface area contributed by atoms with Crippen LogP contribution in [0.2, 0.25) is 0 Å². The fraction of sp³-hybridized carbons (Fsp3) is 0.429. The van der Waals surface area contributed by atoms with Gasteiger partial charge in [-0.1, -0.05) is 37.3 Å². The van der Waals surface area contributed by atoms with Crippen LogP contribution in [-0.2, 0) is 12.8 Å². The summed E-state index contributed by atoms with van der Waals surface area (Å²) in [5.74, 6) is 0. The van der Waals surface area contributed by atoms with Crippen molar-refractivity contribution in [3.05, 3.63) is 46.9 Å². The van der Waals surface area contributed by atoms with Crippen LogP contribution in [0.15, 0.2) is 35.3 Å². The first-order valence-corrected chi connectivity index (χ1v) is 7.02. The Morgan fingerprint density at radius 1 is 1.50 bits per heavy atom. The number of nitrogens with zero attached hydrogens (tertiary/aromatic N) is 1. The second kappa shape index (κ2) is 7.21. The van der Waals surface area contributed by atoms with Crippen molar-refractivity contribution in [3.8, 4) is 0 Å². The van der Waals surface area contributed by atoms with Gasteiger partial charge in [0.2, 0.25) is 0 Å². The molecule has 1 aromatic heterocycles. The van der Waals surface area contributed by atoms with E-state index in [1.54, 1.807) is 6.08 Å². The highest BCUT2D eigenvalue weighted by Gasteiger charge is 2.11. The van der Waals surface area contributed by atoms with Crippen molar-refractivity contribution in [2.45, 2.75) is 43.5 Å². The van der Waals surface area contributed by atoms with Gasteiger partial charge in [0.05, 0.1) is 5.69 Å². The van der Waals surface area contributed by atoms with Crippen molar-refractivity contribution in [3.63, 3.8) is 0 Å². The molecular formula is C14H20N2OS. The van der Waals surface area contributed by atoms with Gasteiger partial charge < -0.3 is 4.98 Å². The molecule has 1 aromatic rings. The van der Waals surface area contributed by atoms with Gasteiger partial charge in [-0.05, 0) is 19.8 Å². The number of H-pyrrole nitrogens is 1. The molecule has 0 radical (unpaired) electrons. The topological polar surface area (TPSA) is 45.8 Å². The Morgan fingerprint density at radius 3 is 2.78 bits per heavy atom. The molecular weight excluding hydrogens is 244 g/mol. The van der Waals surface area contributed by atoms with Crippen molar-refractivity contribution >= 4 is 11.8 Å². The zero-order valence-electron chi connectivity index (χ0n) is 11.0. The number of nitrogens with one attached hydrogen (secondary N) is 1. The van der Waals surface area contributed by atoms with Crippen LogP contribution in [0.5, 0.6) is 0 Å². The minimum absolute atomic E-state index is 0.0490. The van der Waals surface area contributed by atoms with Crippen LogP contribution >= 0.6 is 11.8 Å². The molecule has 0 unspecified atom stereocenters. The minimum atomic E-state index is -0.0490. The van der Waals surface area contributed by atoms with E-state index in [1.165, 1.54) is 11.8 Å². The van der Waals surface area contributed by atoms with Gasteiger partial charge in [0.1, 0.15) is 0 Å². The Balaban J connectivity index is 3.13. The first-order chi connectivity index (χ1) is 8.62. The van der Waals surface area contributed by atoms with Crippen LogP contribution < -0.4 is 5.56 Å². The third-order valence-corrected chi connectivity index (χ3v) is 3.52. The SMILES string of the molecule is C=CCc1c(CCC)nc(S[C@H](C)C=C)[nH]c1=O. The van der Waals surface area contributed by atoms with Crippen LogP contribution in [0.3, 0.4) is 0 Å². The largest absolute Gasteiger partial charge is 0.301 e. The fourth-order valence-electron chi connectivity index (χ4n) is 1.60. The van der Waals surface area contributed by atoms with Gasteiger partial charge >= 0.3 is 0 Å². The maximum atomic E-state index is 12.0. The van der Waals surface area contributed by atoms with E-state index in [0.29, 0.717) is 11.6 Å². The Hall–Kier alpha value is -1.29. The second-order valence-electron chi connectivity index (χ2n) is 4.10. The molecule has 0 bridgehead atoms. The lowest BCUT2D eigenvalue weighted by Crippen LogP contribution is -2.18. The molecule has 0 aliphatic rings. The number of allylic oxidation sites excluding steroid dienone is 1. The van der Waals surface area contributed by atoms with E-state index < -0.39 is 0 Å². The van der Waals surface area contributed by atoms with Crippen LogP contribution in [-0.4, -0.2) is 15.2 Å². The molecule has 1 rings (SSSR count). The summed E-state index contributed by atoms with van der Waals surface area (Å²) in [5, 5.41) is 0.900. The zero-order valence-corrected chi connectivity index (χ0v) is 11.8. The molecule has 1 N–H and O–H groups in total. The summed E-state index contributed by atoms with van der Waals surface area (Å²) in [6.07, 6.45) is 5.94. The molecule has 1 heterocycles. The smallest absolute Gasteiger partial charge is 0.255 e. The number of aryl methyl sites for hydroxylation is 1. The summed E-state index contributed by atoms with van der Waals surface area (Å²) in [6.45, 7) is 11.5. The summed E-state index contributed by atoms with van der Waals surface area (Å²) in [7, 11) is 0. The van der Waals surface area contributed by atoms with Crippen LogP contribution in [0.1, 0.15) is 31.5 Å². The van der Waals surface area contributed by atoms with Gasteiger partial charge in [-0.25, -0.2) is 4.98 Å². The van der Waals surface area contributed by atoms with Crippen LogP contribution in [0.4, 0.5) is 0 Å². The molecule has 3 nitrogen and oxygen atoms in total. The quantitative estimate of drug-likeness (QED) is 0.467. The van der Waals surface area contributed by atoms with Crippen molar-refractivity contribution in [2.75, 3.05) is 0 Å². The third kappa shape index (κ3) is 3.88. The van der Waals surface area contributed by atoms with Crippen molar-refractivity contribution in [1.82, 2.24) is 9.97 Å². The standard InChI is InChI=1S/C14H20N2OS/c1-5-8-11-12(9-6-2)15-14(16-13(11)17)18-10(4)7-3/h5,7,10H,1,3,6,8-9H2,2,4H3,(H,15,16,17)/t10-/m1/s1. The van der Waals surface area contributed by atoms with E-state index in [4.69, 9.17) is 0 Å². The molecule has 98 valence electrons. The minimum Gasteiger partial charge on any atom is -0.301 e. The Labute approximate surface area is 112 Å². The van der Waals surface area contributed by atoms with Gasteiger partial charge in [-0.15, -0.1) is 13.2 Å². The lowest BCUT2D eigenvalue weighted by Gasteiger charge is -2.09. The number of rotatable bonds is 7. The van der Waals surface area contributed by atoms with Gasteiger partial charge in [0.25, 0.3) is 5.56 Å². The summed E-state index contributed by atoms with van der Waals surface area (Å²) in [5.41, 5.74) is 1.58. The summed E-state index contributed by atoms with van der Waals surface area (Å²) >= 11 is 1.51. The number of aromatic nitrogens is 2. The lowest BCUT2D eigenvalue weighted by molar-refractivity contribution is 0.790. The van der Waals surface area contributed by atoms with E-state index in [1.807, 2.05) is 13.0 Å². The maximum Gasteiger partial charge on any atom is 0.255 e. The highest BCUT2D eigenvalue weighted by atomic mass is 32.2. The first kappa shape index (κ1) is 14.8. The average molecular weight is 264 g/mol. The van der Waals surface area contributed by atoms with Gasteiger partial charge in [-0.2, -0.15) is 0 Å². The Morgan fingerprint density at radius 2 is 2.22 bits per heavy atom. The molecule has 1 atom stereocenters. The van der Waals surface area contributed by atoms with E-state index in [0.717, 1.165) is 24.1 Å². The first-order valence-electron chi connectivity index (χ1n) is 6.14.